The lowest BCUT2D eigenvalue weighted by Crippen LogP contribution is -2.53. The maximum atomic E-state index is 11.9. The lowest BCUT2D eigenvalue weighted by atomic mass is 10.2. The number of imidazole rings is 1. The molecule has 2 rings (SSSR count). The van der Waals surface area contributed by atoms with E-state index in [0.29, 0.717) is 0 Å². The van der Waals surface area contributed by atoms with Crippen molar-refractivity contribution in [2.24, 2.45) is 0 Å². The van der Waals surface area contributed by atoms with Crippen molar-refractivity contribution in [3.8, 4) is 0 Å². The van der Waals surface area contributed by atoms with E-state index in [1.807, 2.05) is 5.32 Å². The van der Waals surface area contributed by atoms with Crippen LogP contribution in [0, 0.1) is 0 Å². The quantitative estimate of drug-likeness (QED) is 0.532. The fraction of sp³-hybridized carbons (Fsp3) is 0.222. The van der Waals surface area contributed by atoms with Gasteiger partial charge in [-0.2, -0.15) is 0 Å². The van der Waals surface area contributed by atoms with Gasteiger partial charge in [-0.1, -0.05) is 0 Å². The molecule has 0 atom stereocenters. The van der Waals surface area contributed by atoms with Gasteiger partial charge in [0.2, 0.25) is 11.8 Å². The maximum absolute atomic E-state index is 11.9. The summed E-state index contributed by atoms with van der Waals surface area (Å²) >= 11 is 0. The number of carbonyl (C=O) groups is 4. The molecule has 94 valence electrons. The summed E-state index contributed by atoms with van der Waals surface area (Å²) in [7, 11) is 0. The molecular weight excluding hydrogens is 244 g/mol. The minimum atomic E-state index is -1.34. The number of imide groups is 1. The summed E-state index contributed by atoms with van der Waals surface area (Å²) in [4.78, 5) is 51.8. The van der Waals surface area contributed by atoms with E-state index in [1.165, 1.54) is 0 Å². The Hall–Kier alpha value is -2.71. The van der Waals surface area contributed by atoms with Crippen molar-refractivity contribution in [1.82, 2.24) is 20.2 Å². The number of H-pyrrole nitrogens is 1. The van der Waals surface area contributed by atoms with Crippen LogP contribution >= 0.6 is 0 Å². The Balaban J connectivity index is 2.25. The van der Waals surface area contributed by atoms with E-state index < -0.39 is 23.7 Å². The van der Waals surface area contributed by atoms with E-state index in [1.54, 1.807) is 0 Å². The van der Waals surface area contributed by atoms with Crippen LogP contribution in [0.25, 0.3) is 0 Å². The Labute approximate surface area is 99.8 Å². The van der Waals surface area contributed by atoms with Crippen molar-refractivity contribution >= 4 is 23.7 Å². The van der Waals surface area contributed by atoms with Crippen LogP contribution in [0.5, 0.6) is 0 Å². The Bertz CT molecular complexity index is 533. The number of carboxylic acids is 1. The number of amides is 3. The molecule has 1 aliphatic rings. The van der Waals surface area contributed by atoms with E-state index in [4.69, 9.17) is 5.11 Å². The lowest BCUT2D eigenvalue weighted by Gasteiger charge is -2.24. The minimum absolute atomic E-state index is 0.309. The Morgan fingerprint density at radius 3 is 2.44 bits per heavy atom. The van der Waals surface area contributed by atoms with Crippen molar-refractivity contribution in [3.63, 3.8) is 0 Å². The molecule has 2 heterocycles. The second-order valence-corrected chi connectivity index (χ2v) is 3.56. The van der Waals surface area contributed by atoms with E-state index in [2.05, 4.69) is 9.97 Å². The van der Waals surface area contributed by atoms with Gasteiger partial charge < -0.3 is 15.0 Å². The van der Waals surface area contributed by atoms with Gasteiger partial charge >= 0.3 is 5.97 Å². The molecule has 1 aromatic rings. The minimum Gasteiger partial charge on any atom is -0.477 e. The van der Waals surface area contributed by atoms with Gasteiger partial charge in [-0.25, -0.2) is 9.78 Å². The zero-order chi connectivity index (χ0) is 13.3. The lowest BCUT2D eigenvalue weighted by molar-refractivity contribution is -0.135. The number of hydrogen-bond acceptors (Lipinski definition) is 5. The second-order valence-electron chi connectivity index (χ2n) is 3.56. The normalized spacial score (nSPS) is 15.4. The van der Waals surface area contributed by atoms with Gasteiger partial charge in [-0.15, -0.1) is 0 Å². The first-order chi connectivity index (χ1) is 8.49. The van der Waals surface area contributed by atoms with Gasteiger partial charge in [-0.3, -0.25) is 19.7 Å². The molecule has 1 fully saturated rings. The highest BCUT2D eigenvalue weighted by atomic mass is 16.4. The molecule has 9 nitrogen and oxygen atoms in total. The summed E-state index contributed by atoms with van der Waals surface area (Å²) in [5, 5.41) is 10.8. The Morgan fingerprint density at radius 1 is 1.28 bits per heavy atom. The van der Waals surface area contributed by atoms with Crippen LogP contribution in [0.3, 0.4) is 0 Å². The van der Waals surface area contributed by atoms with Crippen LogP contribution in [0.4, 0.5) is 0 Å². The highest BCUT2D eigenvalue weighted by molar-refractivity contribution is 6.07. The third-order valence-electron chi connectivity index (χ3n) is 2.29. The average Bonchev–Trinajstić information content (AvgIpc) is 2.75. The fourth-order valence-electron chi connectivity index (χ4n) is 1.55. The Kier molecular flexibility index (Phi) is 2.80. The largest absolute Gasteiger partial charge is 0.477 e. The van der Waals surface area contributed by atoms with E-state index in [9.17, 15) is 19.2 Å². The molecule has 1 saturated heterocycles. The number of aromatic nitrogens is 2. The first-order valence-electron chi connectivity index (χ1n) is 4.87. The zero-order valence-corrected chi connectivity index (χ0v) is 8.97. The van der Waals surface area contributed by atoms with Crippen molar-refractivity contribution in [2.45, 2.75) is 0 Å². The molecule has 0 bridgehead atoms. The highest BCUT2D eigenvalue weighted by Crippen LogP contribution is 2.08. The van der Waals surface area contributed by atoms with E-state index in [0.717, 1.165) is 11.2 Å². The zero-order valence-electron chi connectivity index (χ0n) is 8.97. The molecular formula is C9H8N4O5. The summed E-state index contributed by atoms with van der Waals surface area (Å²) in [6.07, 6.45) is 1.06. The smallest absolute Gasteiger partial charge is 0.354 e. The third kappa shape index (κ3) is 2.05. The van der Waals surface area contributed by atoms with Crippen LogP contribution in [-0.2, 0) is 9.59 Å². The number of nitrogens with one attached hydrogen (secondary N) is 2. The predicted molar refractivity (Wildman–Crippen MR) is 54.6 cm³/mol. The number of rotatable bonds is 2. The predicted octanol–water partition coefficient (Wildman–Crippen LogP) is -1.79. The molecule has 1 aromatic heterocycles. The first-order valence-corrected chi connectivity index (χ1v) is 4.87. The molecule has 1 aliphatic heterocycles. The van der Waals surface area contributed by atoms with Gasteiger partial charge in [0.25, 0.3) is 5.91 Å². The van der Waals surface area contributed by atoms with Crippen molar-refractivity contribution in [2.75, 3.05) is 13.1 Å². The molecule has 9 heteroatoms. The van der Waals surface area contributed by atoms with Gasteiger partial charge in [0, 0.05) is 0 Å². The van der Waals surface area contributed by atoms with E-state index >= 15 is 0 Å². The second kappa shape index (κ2) is 4.28. The van der Waals surface area contributed by atoms with Crippen molar-refractivity contribution < 1.29 is 24.3 Å². The standard InChI is InChI=1S/C9H8N4O5/c14-4-1-13(2-5(15)12-4)8(16)6-7(9(17)18)11-3-10-6/h3H,1-2H2,(H,10,11)(H,17,18)(H,12,14,15). The number of hydrogen-bond donors (Lipinski definition) is 3. The number of aromatic carboxylic acids is 1. The number of aromatic amines is 1. The summed E-state index contributed by atoms with van der Waals surface area (Å²) in [5.41, 5.74) is -0.705. The molecule has 0 radical (unpaired) electrons. The topological polar surface area (TPSA) is 132 Å². The van der Waals surface area contributed by atoms with Crippen LogP contribution in [0.15, 0.2) is 6.33 Å². The maximum Gasteiger partial charge on any atom is 0.354 e. The van der Waals surface area contributed by atoms with Crippen LogP contribution in [0.1, 0.15) is 21.0 Å². The monoisotopic (exact) mass is 252 g/mol. The summed E-state index contributed by atoms with van der Waals surface area (Å²) < 4.78 is 0. The van der Waals surface area contributed by atoms with Crippen LogP contribution in [0.2, 0.25) is 0 Å². The van der Waals surface area contributed by atoms with Crippen molar-refractivity contribution in [3.05, 3.63) is 17.7 Å². The molecule has 0 saturated carbocycles. The van der Waals surface area contributed by atoms with Gasteiger partial charge in [0.1, 0.15) is 13.1 Å². The number of nitrogens with zero attached hydrogens (tertiary/aromatic N) is 2. The highest BCUT2D eigenvalue weighted by Gasteiger charge is 2.30. The average molecular weight is 252 g/mol. The molecule has 3 N–H and O–H groups in total. The molecule has 3 amide bonds. The number of carboxylic acid groups (broad SMARTS) is 1. The first kappa shape index (κ1) is 11.8. The SMILES string of the molecule is O=C1CN(C(=O)c2nc[nH]c2C(=O)O)CC(=O)N1. The summed E-state index contributed by atoms with van der Waals surface area (Å²) in [5.74, 6) is -3.36. The fourth-order valence-corrected chi connectivity index (χ4v) is 1.55. The van der Waals surface area contributed by atoms with Crippen LogP contribution < -0.4 is 5.32 Å². The van der Waals surface area contributed by atoms with E-state index in [-0.39, 0.29) is 24.5 Å². The summed E-state index contributed by atoms with van der Waals surface area (Å²) in [6, 6.07) is 0. The van der Waals surface area contributed by atoms with Crippen molar-refractivity contribution in [1.29, 1.82) is 0 Å². The van der Waals surface area contributed by atoms with Crippen LogP contribution in [-0.4, -0.2) is 56.8 Å². The Morgan fingerprint density at radius 2 is 1.89 bits per heavy atom. The molecule has 0 aliphatic carbocycles. The van der Waals surface area contributed by atoms with Gasteiger partial charge in [0.05, 0.1) is 6.33 Å². The molecule has 0 unspecified atom stereocenters. The van der Waals surface area contributed by atoms with Gasteiger partial charge in [-0.05, 0) is 0 Å². The number of piperazine rings is 1. The molecule has 0 aromatic carbocycles. The summed E-state index contributed by atoms with van der Waals surface area (Å²) in [6.45, 7) is -0.618. The van der Waals surface area contributed by atoms with Gasteiger partial charge in [0.15, 0.2) is 11.4 Å². The molecule has 0 spiro atoms. The molecule has 18 heavy (non-hydrogen) atoms. The third-order valence-corrected chi connectivity index (χ3v) is 2.29. The number of carbonyl (C=O) groups excluding carboxylic acids is 3.